The summed E-state index contributed by atoms with van der Waals surface area (Å²) >= 11 is 0. The molecule has 1 fully saturated rings. The maximum atomic E-state index is 12.6. The van der Waals surface area contributed by atoms with Gasteiger partial charge in [0.05, 0.1) is 12.8 Å². The fourth-order valence-corrected chi connectivity index (χ4v) is 3.53. The van der Waals surface area contributed by atoms with Crippen LogP contribution >= 0.6 is 0 Å². The second-order valence-electron chi connectivity index (χ2n) is 7.45. The van der Waals surface area contributed by atoms with Crippen LogP contribution in [-0.4, -0.2) is 60.9 Å². The highest BCUT2D eigenvalue weighted by Crippen LogP contribution is 2.26. The van der Waals surface area contributed by atoms with E-state index in [9.17, 15) is 4.79 Å². The van der Waals surface area contributed by atoms with E-state index >= 15 is 0 Å². The Morgan fingerprint density at radius 3 is 2.26 bits per heavy atom. The third kappa shape index (κ3) is 4.94. The summed E-state index contributed by atoms with van der Waals surface area (Å²) in [5.74, 6) is 1.98. The minimum Gasteiger partial charge on any atom is -0.493 e. The first-order valence-electron chi connectivity index (χ1n) is 10.3. The van der Waals surface area contributed by atoms with Crippen LogP contribution in [0, 0.1) is 6.92 Å². The lowest BCUT2D eigenvalue weighted by atomic mass is 10.1. The van der Waals surface area contributed by atoms with Gasteiger partial charge in [0.15, 0.2) is 23.9 Å². The highest BCUT2D eigenvalue weighted by molar-refractivity contribution is 5.78. The highest BCUT2D eigenvalue weighted by atomic mass is 16.5. The van der Waals surface area contributed by atoms with E-state index in [0.717, 1.165) is 17.1 Å². The van der Waals surface area contributed by atoms with E-state index in [4.69, 9.17) is 9.47 Å². The number of carbonyl (C=O) groups is 1. The molecule has 2 aromatic carbocycles. The zero-order valence-electron chi connectivity index (χ0n) is 17.8. The molecule has 4 rings (SSSR count). The highest BCUT2D eigenvalue weighted by Gasteiger charge is 2.22. The number of anilines is 1. The Balaban J connectivity index is 1.30. The van der Waals surface area contributed by atoms with E-state index in [2.05, 4.69) is 46.3 Å². The minimum absolute atomic E-state index is 0.00851. The first-order chi connectivity index (χ1) is 15.1. The van der Waals surface area contributed by atoms with Gasteiger partial charge in [0.1, 0.15) is 0 Å². The molecular weight excluding hydrogens is 392 g/mol. The normalized spacial score (nSPS) is 13.7. The number of benzene rings is 2. The summed E-state index contributed by atoms with van der Waals surface area (Å²) in [6.45, 7) is 4.71. The third-order valence-corrected chi connectivity index (χ3v) is 5.37. The first-order valence-corrected chi connectivity index (χ1v) is 10.3. The number of piperazine rings is 1. The van der Waals surface area contributed by atoms with E-state index < -0.39 is 0 Å². The van der Waals surface area contributed by atoms with Gasteiger partial charge in [-0.2, -0.15) is 0 Å². The minimum atomic E-state index is -0.0358. The van der Waals surface area contributed by atoms with Crippen molar-refractivity contribution in [2.75, 3.05) is 44.8 Å². The number of aromatic nitrogens is 2. The Kier molecular flexibility index (Phi) is 6.31. The Morgan fingerprint density at radius 2 is 1.61 bits per heavy atom. The molecule has 7 nitrogen and oxygen atoms in total. The largest absolute Gasteiger partial charge is 0.493 e. The molecule has 1 aliphatic rings. The Bertz CT molecular complexity index is 1010. The van der Waals surface area contributed by atoms with Gasteiger partial charge in [-0.3, -0.25) is 4.79 Å². The Hall–Kier alpha value is -3.61. The van der Waals surface area contributed by atoms with Crippen molar-refractivity contribution in [3.8, 4) is 22.8 Å². The molecule has 1 amide bonds. The molecule has 1 aromatic heterocycles. The van der Waals surface area contributed by atoms with E-state index in [1.54, 1.807) is 13.2 Å². The van der Waals surface area contributed by atoms with Gasteiger partial charge in [-0.05, 0) is 31.2 Å². The molecule has 0 N–H and O–H groups in total. The lowest BCUT2D eigenvalue weighted by Crippen LogP contribution is -2.50. The standard InChI is InChI=1S/C24H26N4O3/c1-18-7-9-19(10-8-18)20-11-12-23(26-25-20)27-13-15-28(16-14-27)24(29)17-31-22-6-4-3-5-21(22)30-2/h3-12H,13-17H2,1-2H3. The van der Waals surface area contributed by atoms with Crippen LogP contribution < -0.4 is 14.4 Å². The zero-order valence-corrected chi connectivity index (χ0v) is 17.8. The van der Waals surface area contributed by atoms with Gasteiger partial charge in [-0.15, -0.1) is 10.2 Å². The zero-order chi connectivity index (χ0) is 21.6. The van der Waals surface area contributed by atoms with Crippen molar-refractivity contribution in [3.05, 3.63) is 66.2 Å². The van der Waals surface area contributed by atoms with Crippen molar-refractivity contribution in [1.29, 1.82) is 0 Å². The topological polar surface area (TPSA) is 67.8 Å². The van der Waals surface area contributed by atoms with E-state index in [1.807, 2.05) is 35.2 Å². The SMILES string of the molecule is COc1ccccc1OCC(=O)N1CCN(c2ccc(-c3ccc(C)cc3)nn2)CC1. The van der Waals surface area contributed by atoms with Crippen molar-refractivity contribution in [1.82, 2.24) is 15.1 Å². The Labute approximate surface area is 182 Å². The molecule has 0 spiro atoms. The van der Waals surface area contributed by atoms with Crippen LogP contribution in [0.3, 0.4) is 0 Å². The van der Waals surface area contributed by atoms with Crippen molar-refractivity contribution < 1.29 is 14.3 Å². The van der Waals surface area contributed by atoms with Crippen LogP contribution in [0.1, 0.15) is 5.56 Å². The van der Waals surface area contributed by atoms with Crippen molar-refractivity contribution in [2.45, 2.75) is 6.92 Å². The number of carbonyl (C=O) groups excluding carboxylic acids is 1. The van der Waals surface area contributed by atoms with Crippen molar-refractivity contribution >= 4 is 11.7 Å². The van der Waals surface area contributed by atoms with Crippen molar-refractivity contribution in [3.63, 3.8) is 0 Å². The molecule has 0 aliphatic carbocycles. The number of methoxy groups -OCH3 is 1. The summed E-state index contributed by atoms with van der Waals surface area (Å²) in [5, 5.41) is 8.78. The lowest BCUT2D eigenvalue weighted by Gasteiger charge is -2.35. The molecule has 0 bridgehead atoms. The van der Waals surface area contributed by atoms with Crippen LogP contribution in [0.15, 0.2) is 60.7 Å². The van der Waals surface area contributed by atoms with Gasteiger partial charge in [0.2, 0.25) is 0 Å². The number of amides is 1. The van der Waals surface area contributed by atoms with Crippen LogP contribution in [0.4, 0.5) is 5.82 Å². The predicted octanol–water partition coefficient (Wildman–Crippen LogP) is 3.19. The maximum absolute atomic E-state index is 12.6. The first kappa shape index (κ1) is 20.7. The fourth-order valence-electron chi connectivity index (χ4n) is 3.53. The van der Waals surface area contributed by atoms with Gasteiger partial charge in [-0.1, -0.05) is 42.0 Å². The van der Waals surface area contributed by atoms with Crippen LogP contribution in [0.25, 0.3) is 11.3 Å². The van der Waals surface area contributed by atoms with Gasteiger partial charge in [-0.25, -0.2) is 0 Å². The summed E-state index contributed by atoms with van der Waals surface area (Å²) in [5.41, 5.74) is 3.12. The molecule has 0 saturated carbocycles. The quantitative estimate of drug-likeness (QED) is 0.613. The molecule has 7 heteroatoms. The number of nitrogens with zero attached hydrogens (tertiary/aromatic N) is 4. The number of aryl methyl sites for hydroxylation is 1. The summed E-state index contributed by atoms with van der Waals surface area (Å²) in [7, 11) is 1.58. The average Bonchev–Trinajstić information content (AvgIpc) is 2.83. The maximum Gasteiger partial charge on any atom is 0.260 e. The van der Waals surface area contributed by atoms with Gasteiger partial charge in [0.25, 0.3) is 5.91 Å². The van der Waals surface area contributed by atoms with Gasteiger partial charge >= 0.3 is 0 Å². The summed E-state index contributed by atoms with van der Waals surface area (Å²) in [6, 6.07) is 19.5. The number of hydrogen-bond acceptors (Lipinski definition) is 6. The van der Waals surface area contributed by atoms with E-state index in [1.165, 1.54) is 5.56 Å². The molecule has 1 aliphatic heterocycles. The molecule has 1 saturated heterocycles. The second kappa shape index (κ2) is 9.47. The van der Waals surface area contributed by atoms with Crippen LogP contribution in [0.2, 0.25) is 0 Å². The molecule has 2 heterocycles. The van der Waals surface area contributed by atoms with Crippen LogP contribution in [0.5, 0.6) is 11.5 Å². The number of hydrogen-bond donors (Lipinski definition) is 0. The lowest BCUT2D eigenvalue weighted by molar-refractivity contribution is -0.133. The fraction of sp³-hybridized carbons (Fsp3) is 0.292. The smallest absolute Gasteiger partial charge is 0.260 e. The Morgan fingerprint density at radius 1 is 0.903 bits per heavy atom. The molecule has 31 heavy (non-hydrogen) atoms. The van der Waals surface area contributed by atoms with Crippen molar-refractivity contribution in [2.24, 2.45) is 0 Å². The molecule has 0 unspecified atom stereocenters. The second-order valence-corrected chi connectivity index (χ2v) is 7.45. The molecule has 0 radical (unpaired) electrons. The molecule has 3 aromatic rings. The van der Waals surface area contributed by atoms with Crippen LogP contribution in [-0.2, 0) is 4.79 Å². The monoisotopic (exact) mass is 418 g/mol. The summed E-state index contributed by atoms with van der Waals surface area (Å²) < 4.78 is 10.9. The van der Waals surface area contributed by atoms with Gasteiger partial charge in [0, 0.05) is 31.7 Å². The average molecular weight is 418 g/mol. The summed E-state index contributed by atoms with van der Waals surface area (Å²) in [4.78, 5) is 16.5. The van der Waals surface area contributed by atoms with E-state index in [0.29, 0.717) is 37.7 Å². The third-order valence-electron chi connectivity index (χ3n) is 5.37. The predicted molar refractivity (Wildman–Crippen MR) is 119 cm³/mol. The molecule has 0 atom stereocenters. The number of para-hydroxylation sites is 2. The number of ether oxygens (including phenoxy) is 2. The molecular formula is C24H26N4O3. The molecule has 160 valence electrons. The van der Waals surface area contributed by atoms with E-state index in [-0.39, 0.29) is 12.5 Å². The number of rotatable bonds is 6. The van der Waals surface area contributed by atoms with Gasteiger partial charge < -0.3 is 19.3 Å². The summed E-state index contributed by atoms with van der Waals surface area (Å²) in [6.07, 6.45) is 0.